The van der Waals surface area contributed by atoms with Crippen LogP contribution >= 0.6 is 0 Å². The lowest BCUT2D eigenvalue weighted by Gasteiger charge is -2.42. The summed E-state index contributed by atoms with van der Waals surface area (Å²) in [5, 5.41) is 10.5. The van der Waals surface area contributed by atoms with Gasteiger partial charge in [-0.1, -0.05) is 6.58 Å². The van der Waals surface area contributed by atoms with Crippen LogP contribution in [0.3, 0.4) is 0 Å². The fourth-order valence-corrected chi connectivity index (χ4v) is 5.41. The van der Waals surface area contributed by atoms with Crippen LogP contribution in [0.1, 0.15) is 32.3 Å². The van der Waals surface area contributed by atoms with Gasteiger partial charge < -0.3 is 16.0 Å². The van der Waals surface area contributed by atoms with Gasteiger partial charge in [0.25, 0.3) is 0 Å². The molecule has 9 heteroatoms. The van der Waals surface area contributed by atoms with Gasteiger partial charge in [0.2, 0.25) is 5.91 Å². The smallest absolute Gasteiger partial charge is 0.249 e. The van der Waals surface area contributed by atoms with Gasteiger partial charge in [-0.15, -0.1) is 0 Å². The first kappa shape index (κ1) is 23.3. The Morgan fingerprint density at radius 2 is 2.03 bits per heavy atom. The molecule has 0 aromatic heterocycles. The molecule has 176 valence electrons. The van der Waals surface area contributed by atoms with Gasteiger partial charge in [-0.2, -0.15) is 0 Å². The van der Waals surface area contributed by atoms with Crippen molar-refractivity contribution in [1.82, 2.24) is 4.90 Å². The fourth-order valence-electron chi connectivity index (χ4n) is 4.70. The Labute approximate surface area is 194 Å². The highest BCUT2D eigenvalue weighted by molar-refractivity contribution is 7.94. The van der Waals surface area contributed by atoms with E-state index in [1.54, 1.807) is 24.3 Å². The summed E-state index contributed by atoms with van der Waals surface area (Å²) >= 11 is 0. The van der Waals surface area contributed by atoms with Gasteiger partial charge in [0.1, 0.15) is 11.4 Å². The number of benzene rings is 2. The molecule has 3 N–H and O–H groups in total. The van der Waals surface area contributed by atoms with E-state index in [0.717, 1.165) is 23.9 Å². The Morgan fingerprint density at radius 1 is 1.30 bits per heavy atom. The molecule has 33 heavy (non-hydrogen) atoms. The van der Waals surface area contributed by atoms with Crippen molar-refractivity contribution in [2.24, 2.45) is 0 Å². The number of rotatable bonds is 7. The summed E-state index contributed by atoms with van der Waals surface area (Å²) in [7, 11) is -3.47. The number of fused-ring (bicyclic) bond motifs is 1. The first-order valence-corrected chi connectivity index (χ1v) is 12.6. The van der Waals surface area contributed by atoms with Gasteiger partial charge in [0.15, 0.2) is 9.84 Å². The van der Waals surface area contributed by atoms with Crippen molar-refractivity contribution in [1.29, 1.82) is 0 Å². The fraction of sp³-hybridized carbons (Fsp3) is 0.375. The molecular formula is C24H29FN4O3S. The number of carbonyl (C=O) groups excluding carboxylic acids is 1. The van der Waals surface area contributed by atoms with Gasteiger partial charge in [0, 0.05) is 35.8 Å². The second-order valence-corrected chi connectivity index (χ2v) is 10.5. The number of carbonyl (C=O) groups is 1. The van der Waals surface area contributed by atoms with E-state index in [4.69, 9.17) is 0 Å². The molecule has 4 rings (SSSR count). The normalized spacial score (nSPS) is 23.0. The monoisotopic (exact) mass is 472 g/mol. The maximum Gasteiger partial charge on any atom is 0.249 e. The van der Waals surface area contributed by atoms with Crippen LogP contribution in [0.5, 0.6) is 0 Å². The standard InChI is InChI=1S/C24H29FN4O3S/c1-4-26-21-14-16(25)13-20-22(21)28-23(30)24(20,3)29-12-6-7-18(15-29)27-17-8-10-19(11-9-17)33(31,32)5-2/h5,8-11,13-14,18,26-27H,2,4,6-7,12,15H2,1,3H3,(H,28,30)/t18-,24?/m1/s1. The van der Waals surface area contributed by atoms with E-state index in [2.05, 4.69) is 27.4 Å². The molecule has 2 atom stereocenters. The molecule has 0 bridgehead atoms. The molecule has 0 saturated carbocycles. The number of hydrogen-bond acceptors (Lipinski definition) is 6. The summed E-state index contributed by atoms with van der Waals surface area (Å²) in [6.07, 6.45) is 1.77. The van der Waals surface area contributed by atoms with Crippen molar-refractivity contribution in [3.05, 3.63) is 59.8 Å². The number of halogens is 1. The van der Waals surface area contributed by atoms with E-state index in [1.807, 2.05) is 13.8 Å². The van der Waals surface area contributed by atoms with Crippen LogP contribution in [0.4, 0.5) is 21.5 Å². The number of anilines is 3. The second kappa shape index (κ2) is 8.79. The molecule has 2 aliphatic heterocycles. The number of hydrogen-bond donors (Lipinski definition) is 3. The second-order valence-electron chi connectivity index (χ2n) is 8.60. The average molecular weight is 473 g/mol. The molecule has 2 aromatic rings. The van der Waals surface area contributed by atoms with Gasteiger partial charge in [-0.05, 0) is 69.6 Å². The van der Waals surface area contributed by atoms with Crippen LogP contribution in [-0.2, 0) is 20.2 Å². The average Bonchev–Trinajstić information content (AvgIpc) is 3.06. The number of nitrogens with zero attached hydrogens (tertiary/aromatic N) is 1. The van der Waals surface area contributed by atoms with E-state index in [-0.39, 0.29) is 22.7 Å². The first-order chi connectivity index (χ1) is 15.7. The predicted octanol–water partition coefficient (Wildman–Crippen LogP) is 3.92. The maximum atomic E-state index is 14.4. The third-order valence-corrected chi connectivity index (χ3v) is 7.87. The quantitative estimate of drug-likeness (QED) is 0.566. The molecule has 7 nitrogen and oxygen atoms in total. The molecule has 2 aromatic carbocycles. The lowest BCUT2D eigenvalue weighted by molar-refractivity contribution is -0.127. The highest BCUT2D eigenvalue weighted by Gasteiger charge is 2.49. The van der Waals surface area contributed by atoms with Crippen molar-refractivity contribution >= 4 is 32.8 Å². The Hall–Kier alpha value is -2.91. The van der Waals surface area contributed by atoms with E-state index in [1.165, 1.54) is 12.1 Å². The Bertz CT molecular complexity index is 1180. The third-order valence-electron chi connectivity index (χ3n) is 6.50. The van der Waals surface area contributed by atoms with E-state index in [9.17, 15) is 17.6 Å². The first-order valence-electron chi connectivity index (χ1n) is 11.1. The molecule has 0 radical (unpaired) electrons. The molecular weight excluding hydrogens is 443 g/mol. The number of likely N-dealkylation sites (tertiary alicyclic amines) is 1. The summed E-state index contributed by atoms with van der Waals surface area (Å²) in [6.45, 7) is 9.04. The Kier molecular flexibility index (Phi) is 6.20. The summed E-state index contributed by atoms with van der Waals surface area (Å²) in [4.78, 5) is 15.4. The van der Waals surface area contributed by atoms with Gasteiger partial charge in [-0.25, -0.2) is 12.8 Å². The minimum absolute atomic E-state index is 0.0519. The van der Waals surface area contributed by atoms with Gasteiger partial charge in [0.05, 0.1) is 16.3 Å². The Balaban J connectivity index is 1.56. The van der Waals surface area contributed by atoms with E-state index in [0.29, 0.717) is 36.6 Å². The summed E-state index contributed by atoms with van der Waals surface area (Å²) in [5.41, 5.74) is 1.68. The molecule has 1 fully saturated rings. The lowest BCUT2D eigenvalue weighted by atomic mass is 9.88. The maximum absolute atomic E-state index is 14.4. The van der Waals surface area contributed by atoms with Crippen LogP contribution < -0.4 is 16.0 Å². The summed E-state index contributed by atoms with van der Waals surface area (Å²) in [6, 6.07) is 9.46. The van der Waals surface area contributed by atoms with Gasteiger partial charge >= 0.3 is 0 Å². The van der Waals surface area contributed by atoms with Crippen LogP contribution in [0.2, 0.25) is 0 Å². The van der Waals surface area contributed by atoms with E-state index < -0.39 is 15.4 Å². The van der Waals surface area contributed by atoms with Crippen LogP contribution in [0.15, 0.2) is 53.3 Å². The largest absolute Gasteiger partial charge is 0.384 e. The van der Waals surface area contributed by atoms with Gasteiger partial charge in [-0.3, -0.25) is 9.69 Å². The number of nitrogens with one attached hydrogen (secondary N) is 3. The summed E-state index contributed by atoms with van der Waals surface area (Å²) < 4.78 is 38.3. The SMILES string of the molecule is C=CS(=O)(=O)c1ccc(N[C@@H]2CCCN(C3(C)C(=O)Nc4c(NCC)cc(F)cc43)C2)cc1. The minimum Gasteiger partial charge on any atom is -0.384 e. The molecule has 2 aliphatic rings. The van der Waals surface area contributed by atoms with Crippen LogP contribution in [-0.4, -0.2) is 44.9 Å². The summed E-state index contributed by atoms with van der Waals surface area (Å²) in [5.74, 6) is -0.546. The predicted molar refractivity (Wildman–Crippen MR) is 129 cm³/mol. The highest BCUT2D eigenvalue weighted by atomic mass is 32.2. The van der Waals surface area contributed by atoms with Crippen molar-refractivity contribution in [2.75, 3.05) is 35.6 Å². The molecule has 2 heterocycles. The van der Waals surface area contributed by atoms with Crippen molar-refractivity contribution in [3.8, 4) is 0 Å². The molecule has 0 aliphatic carbocycles. The van der Waals surface area contributed by atoms with Crippen LogP contribution in [0.25, 0.3) is 0 Å². The Morgan fingerprint density at radius 3 is 2.70 bits per heavy atom. The zero-order valence-electron chi connectivity index (χ0n) is 18.8. The zero-order valence-corrected chi connectivity index (χ0v) is 19.6. The minimum atomic E-state index is -3.47. The lowest BCUT2D eigenvalue weighted by Crippen LogP contribution is -2.55. The number of amides is 1. The number of piperidine rings is 1. The molecule has 1 unspecified atom stereocenters. The van der Waals surface area contributed by atoms with Crippen molar-refractivity contribution < 1.29 is 17.6 Å². The molecule has 1 amide bonds. The third kappa shape index (κ3) is 4.22. The molecule has 1 saturated heterocycles. The highest BCUT2D eigenvalue weighted by Crippen LogP contribution is 2.45. The van der Waals surface area contributed by atoms with Crippen LogP contribution in [0, 0.1) is 5.82 Å². The van der Waals surface area contributed by atoms with Crippen molar-refractivity contribution in [2.45, 2.75) is 43.2 Å². The topological polar surface area (TPSA) is 90.5 Å². The van der Waals surface area contributed by atoms with E-state index >= 15 is 0 Å². The molecule has 0 spiro atoms. The van der Waals surface area contributed by atoms with Crippen molar-refractivity contribution in [3.63, 3.8) is 0 Å². The number of sulfone groups is 1. The zero-order chi connectivity index (χ0) is 23.8.